The van der Waals surface area contributed by atoms with Gasteiger partial charge in [-0.1, -0.05) is 11.8 Å². The Labute approximate surface area is 167 Å². The third kappa shape index (κ3) is 4.68. The molecular weight excluding hydrogens is 413 g/mol. The second kappa shape index (κ2) is 8.54. The molecule has 28 heavy (non-hydrogen) atoms. The zero-order chi connectivity index (χ0) is 20.3. The van der Waals surface area contributed by atoms with Crippen molar-refractivity contribution in [3.05, 3.63) is 47.2 Å². The number of aromatic nitrogens is 2. The lowest BCUT2D eigenvalue weighted by atomic mass is 10.0. The fraction of sp³-hybridized carbons (Fsp3) is 0.333. The van der Waals surface area contributed by atoms with Crippen molar-refractivity contribution in [2.24, 2.45) is 0 Å². The van der Waals surface area contributed by atoms with Crippen LogP contribution in [0.2, 0.25) is 0 Å². The first-order valence-corrected chi connectivity index (χ1v) is 10.0. The van der Waals surface area contributed by atoms with Crippen LogP contribution in [0.5, 0.6) is 0 Å². The normalized spacial score (nSPS) is 13.0. The molecule has 0 aliphatic rings. The highest BCUT2D eigenvalue weighted by atomic mass is 32.2. The number of nitrogens with zero attached hydrogens (tertiary/aromatic N) is 2. The minimum absolute atomic E-state index is 0.0809. The number of carbonyl (C=O) groups excluding carboxylic acids is 1. The number of aliphatic hydroxyl groups is 1. The molecule has 0 aromatic carbocycles. The van der Waals surface area contributed by atoms with Crippen LogP contribution in [0.4, 0.5) is 13.2 Å². The SMILES string of the molecule is CCOC(=O)c1cc2cc(Sc3ncc(C(CCO)C(F)(F)F)s3)ccn2c1. The predicted molar refractivity (Wildman–Crippen MR) is 100 cm³/mol. The minimum Gasteiger partial charge on any atom is -0.462 e. The van der Waals surface area contributed by atoms with Gasteiger partial charge in [-0.2, -0.15) is 13.2 Å². The van der Waals surface area contributed by atoms with Gasteiger partial charge in [0.1, 0.15) is 0 Å². The Bertz CT molecular complexity index is 969. The second-order valence-corrected chi connectivity index (χ2v) is 8.26. The van der Waals surface area contributed by atoms with Crippen molar-refractivity contribution >= 4 is 34.6 Å². The van der Waals surface area contributed by atoms with Gasteiger partial charge in [-0.15, -0.1) is 11.3 Å². The number of thiazole rings is 1. The molecule has 1 unspecified atom stereocenters. The summed E-state index contributed by atoms with van der Waals surface area (Å²) in [5, 5.41) is 8.92. The van der Waals surface area contributed by atoms with Gasteiger partial charge in [0.2, 0.25) is 0 Å². The molecule has 5 nitrogen and oxygen atoms in total. The molecule has 0 fully saturated rings. The lowest BCUT2D eigenvalue weighted by Gasteiger charge is -2.17. The maximum Gasteiger partial charge on any atom is 0.396 e. The molecule has 150 valence electrons. The van der Waals surface area contributed by atoms with E-state index in [1.807, 2.05) is 6.07 Å². The Balaban J connectivity index is 1.79. The molecule has 0 spiro atoms. The molecular formula is C18H17F3N2O3S2. The van der Waals surface area contributed by atoms with Gasteiger partial charge in [-0.05, 0) is 31.5 Å². The zero-order valence-corrected chi connectivity index (χ0v) is 16.4. The van der Waals surface area contributed by atoms with Crippen LogP contribution in [0.1, 0.15) is 34.5 Å². The number of alkyl halides is 3. The Kier molecular flexibility index (Phi) is 6.31. The zero-order valence-electron chi connectivity index (χ0n) is 14.8. The molecule has 0 amide bonds. The largest absolute Gasteiger partial charge is 0.462 e. The van der Waals surface area contributed by atoms with E-state index >= 15 is 0 Å². The molecule has 3 heterocycles. The van der Waals surface area contributed by atoms with Crippen molar-refractivity contribution in [3.8, 4) is 0 Å². The van der Waals surface area contributed by atoms with E-state index in [9.17, 15) is 18.0 Å². The fourth-order valence-corrected chi connectivity index (χ4v) is 4.82. The number of rotatable bonds is 7. The summed E-state index contributed by atoms with van der Waals surface area (Å²) in [7, 11) is 0. The van der Waals surface area contributed by atoms with E-state index < -0.39 is 24.7 Å². The van der Waals surface area contributed by atoms with E-state index in [1.165, 1.54) is 18.0 Å². The molecule has 0 aliphatic heterocycles. The number of pyridine rings is 1. The number of hydrogen-bond donors (Lipinski definition) is 1. The van der Waals surface area contributed by atoms with Crippen LogP contribution in [-0.4, -0.2) is 39.9 Å². The number of fused-ring (bicyclic) bond motifs is 1. The Morgan fingerprint density at radius 2 is 2.21 bits per heavy atom. The number of aliphatic hydroxyl groups excluding tert-OH is 1. The van der Waals surface area contributed by atoms with Crippen molar-refractivity contribution in [1.29, 1.82) is 0 Å². The highest BCUT2D eigenvalue weighted by molar-refractivity contribution is 8.01. The van der Waals surface area contributed by atoms with E-state index in [0.29, 0.717) is 9.90 Å². The molecule has 3 aromatic rings. The lowest BCUT2D eigenvalue weighted by Crippen LogP contribution is -2.21. The fourth-order valence-electron chi connectivity index (χ4n) is 2.65. The summed E-state index contributed by atoms with van der Waals surface area (Å²) in [4.78, 5) is 16.8. The van der Waals surface area contributed by atoms with Gasteiger partial charge in [0, 0.05) is 40.5 Å². The van der Waals surface area contributed by atoms with Gasteiger partial charge in [0.25, 0.3) is 0 Å². The second-order valence-electron chi connectivity index (χ2n) is 5.88. The molecule has 3 rings (SSSR count). The van der Waals surface area contributed by atoms with Crippen molar-refractivity contribution in [1.82, 2.24) is 9.38 Å². The first kappa shape index (κ1) is 20.7. The van der Waals surface area contributed by atoms with E-state index in [-0.39, 0.29) is 17.9 Å². The van der Waals surface area contributed by atoms with E-state index in [0.717, 1.165) is 21.7 Å². The highest BCUT2D eigenvalue weighted by Crippen LogP contribution is 2.42. The first-order valence-electron chi connectivity index (χ1n) is 8.42. The van der Waals surface area contributed by atoms with E-state index in [1.54, 1.807) is 35.9 Å². The molecule has 1 N–H and O–H groups in total. The predicted octanol–water partition coefficient (Wildman–Crippen LogP) is 4.75. The molecule has 0 radical (unpaired) electrons. The van der Waals surface area contributed by atoms with Gasteiger partial charge in [-0.25, -0.2) is 9.78 Å². The molecule has 0 saturated heterocycles. The van der Waals surface area contributed by atoms with E-state index in [4.69, 9.17) is 9.84 Å². The van der Waals surface area contributed by atoms with Crippen LogP contribution < -0.4 is 0 Å². The highest BCUT2D eigenvalue weighted by Gasteiger charge is 2.41. The van der Waals surface area contributed by atoms with Crippen LogP contribution in [0.25, 0.3) is 5.52 Å². The van der Waals surface area contributed by atoms with Crippen LogP contribution in [0, 0.1) is 0 Å². The third-order valence-electron chi connectivity index (χ3n) is 3.94. The Morgan fingerprint density at radius 1 is 1.43 bits per heavy atom. The number of hydrogen-bond acceptors (Lipinski definition) is 6. The summed E-state index contributed by atoms with van der Waals surface area (Å²) < 4.78 is 46.7. The molecule has 3 aromatic heterocycles. The van der Waals surface area contributed by atoms with Crippen molar-refractivity contribution in [2.45, 2.75) is 34.7 Å². The monoisotopic (exact) mass is 430 g/mol. The maximum atomic E-state index is 13.1. The standard InChI is InChI=1S/C18H17F3N2O3S2/c1-2-26-16(25)11-7-12-8-13(3-5-23(12)10-11)27-17-22-9-15(28-17)14(4-6-24)18(19,20)21/h3,5,7-10,14,24H,2,4,6H2,1H3. The molecule has 10 heteroatoms. The number of halogens is 3. The van der Waals surface area contributed by atoms with Crippen LogP contribution in [0.15, 0.2) is 46.0 Å². The van der Waals surface area contributed by atoms with Crippen molar-refractivity contribution < 1.29 is 27.8 Å². The lowest BCUT2D eigenvalue weighted by molar-refractivity contribution is -0.152. The summed E-state index contributed by atoms with van der Waals surface area (Å²) in [6.45, 7) is 1.47. The number of carbonyl (C=O) groups is 1. The Hall–Kier alpha value is -2.04. The van der Waals surface area contributed by atoms with Crippen molar-refractivity contribution in [3.63, 3.8) is 0 Å². The summed E-state index contributed by atoms with van der Waals surface area (Å²) in [5.41, 5.74) is 1.19. The molecule has 1 atom stereocenters. The number of ether oxygens (including phenoxy) is 1. The average molecular weight is 430 g/mol. The maximum absolute atomic E-state index is 13.1. The molecule has 0 saturated carbocycles. The van der Waals surface area contributed by atoms with Gasteiger partial charge in [0.05, 0.1) is 18.1 Å². The first-order chi connectivity index (χ1) is 13.3. The van der Waals surface area contributed by atoms with E-state index in [2.05, 4.69) is 4.98 Å². The van der Waals surface area contributed by atoms with Crippen molar-refractivity contribution in [2.75, 3.05) is 13.2 Å². The Morgan fingerprint density at radius 3 is 2.89 bits per heavy atom. The van der Waals surface area contributed by atoms with Crippen LogP contribution in [-0.2, 0) is 4.74 Å². The van der Waals surface area contributed by atoms with Gasteiger partial charge < -0.3 is 14.2 Å². The van der Waals surface area contributed by atoms with Crippen LogP contribution in [0.3, 0.4) is 0 Å². The number of esters is 1. The third-order valence-corrected chi connectivity index (χ3v) is 6.12. The van der Waals surface area contributed by atoms with Gasteiger partial charge in [0.15, 0.2) is 4.34 Å². The van der Waals surface area contributed by atoms with Gasteiger partial charge in [-0.3, -0.25) is 0 Å². The van der Waals surface area contributed by atoms with Gasteiger partial charge >= 0.3 is 12.1 Å². The quantitative estimate of drug-likeness (QED) is 0.548. The smallest absolute Gasteiger partial charge is 0.396 e. The molecule has 0 bridgehead atoms. The summed E-state index contributed by atoms with van der Waals surface area (Å²) >= 11 is 2.21. The van der Waals surface area contributed by atoms with Crippen LogP contribution >= 0.6 is 23.1 Å². The summed E-state index contributed by atoms with van der Waals surface area (Å²) in [5.74, 6) is -2.13. The summed E-state index contributed by atoms with van der Waals surface area (Å²) in [6, 6.07) is 5.31. The topological polar surface area (TPSA) is 63.8 Å². The summed E-state index contributed by atoms with van der Waals surface area (Å²) in [6.07, 6.45) is -0.172. The molecule has 0 aliphatic carbocycles. The minimum atomic E-state index is -4.43. The average Bonchev–Trinajstić information content (AvgIpc) is 3.25.